The third-order valence-electron chi connectivity index (χ3n) is 3.24. The Kier molecular flexibility index (Phi) is 4.83. The molecule has 118 valence electrons. The summed E-state index contributed by atoms with van der Waals surface area (Å²) in [6.45, 7) is 0. The summed E-state index contributed by atoms with van der Waals surface area (Å²) in [7, 11) is 1.81. The summed E-state index contributed by atoms with van der Waals surface area (Å²) in [5, 5.41) is 8.57. The number of nitrogens with one attached hydrogen (secondary N) is 1. The topological polar surface area (TPSA) is 59.8 Å². The van der Waals surface area contributed by atoms with Crippen LogP contribution in [0.5, 0.6) is 0 Å². The number of thioether (sulfide) groups is 1. The van der Waals surface area contributed by atoms with E-state index in [1.165, 1.54) is 0 Å². The highest BCUT2D eigenvalue weighted by Gasteiger charge is 2.07. The van der Waals surface area contributed by atoms with Crippen molar-refractivity contribution in [3.8, 4) is 0 Å². The number of benzene rings is 1. The Morgan fingerprint density at radius 3 is 3.04 bits per heavy atom. The highest BCUT2D eigenvalue weighted by Crippen LogP contribution is 2.28. The summed E-state index contributed by atoms with van der Waals surface area (Å²) in [5.41, 5.74) is 1.58. The maximum absolute atomic E-state index is 11.9. The van der Waals surface area contributed by atoms with Crippen LogP contribution in [0.15, 0.2) is 47.8 Å². The molecule has 0 fully saturated rings. The predicted molar refractivity (Wildman–Crippen MR) is 93.9 cm³/mol. The van der Waals surface area contributed by atoms with Gasteiger partial charge in [-0.3, -0.25) is 14.5 Å². The van der Waals surface area contributed by atoms with Gasteiger partial charge in [0.2, 0.25) is 5.91 Å². The highest BCUT2D eigenvalue weighted by molar-refractivity contribution is 7.99. The Labute approximate surface area is 143 Å². The molecule has 0 radical (unpaired) electrons. The average Bonchev–Trinajstić information content (AvgIpc) is 2.92. The molecule has 0 aliphatic heterocycles. The fraction of sp³-hybridized carbons (Fsp3) is 0.188. The van der Waals surface area contributed by atoms with Crippen LogP contribution < -0.4 is 5.32 Å². The Hall–Kier alpha value is -2.05. The van der Waals surface area contributed by atoms with Gasteiger partial charge in [-0.05, 0) is 18.2 Å². The molecule has 3 aromatic rings. The van der Waals surface area contributed by atoms with Crippen LogP contribution in [0.2, 0.25) is 5.02 Å². The van der Waals surface area contributed by atoms with E-state index in [9.17, 15) is 4.79 Å². The third kappa shape index (κ3) is 4.03. The maximum Gasteiger partial charge on any atom is 0.225 e. The average molecular weight is 347 g/mol. The van der Waals surface area contributed by atoms with E-state index in [2.05, 4.69) is 15.4 Å². The number of rotatable bonds is 5. The number of aromatic nitrogens is 3. The zero-order valence-corrected chi connectivity index (χ0v) is 14.1. The van der Waals surface area contributed by atoms with E-state index in [1.807, 2.05) is 31.3 Å². The Morgan fingerprint density at radius 2 is 2.26 bits per heavy atom. The molecule has 1 amide bonds. The number of nitrogens with zero attached hydrogens (tertiary/aromatic N) is 3. The number of hydrogen-bond acceptors (Lipinski definition) is 4. The first-order chi connectivity index (χ1) is 11.1. The summed E-state index contributed by atoms with van der Waals surface area (Å²) < 4.78 is 1.65. The number of halogens is 1. The molecule has 2 heterocycles. The minimum absolute atomic E-state index is 0.0214. The van der Waals surface area contributed by atoms with Gasteiger partial charge in [-0.2, -0.15) is 5.10 Å². The number of aryl methyl sites for hydroxylation is 1. The first-order valence-corrected chi connectivity index (χ1v) is 8.44. The van der Waals surface area contributed by atoms with Crippen LogP contribution in [0, 0.1) is 0 Å². The zero-order chi connectivity index (χ0) is 16.2. The van der Waals surface area contributed by atoms with Gasteiger partial charge in [0.25, 0.3) is 0 Å². The van der Waals surface area contributed by atoms with E-state index in [0.717, 1.165) is 15.8 Å². The fourth-order valence-electron chi connectivity index (χ4n) is 2.18. The number of anilines is 1. The molecule has 3 rings (SSSR count). The van der Waals surface area contributed by atoms with E-state index in [-0.39, 0.29) is 5.91 Å². The van der Waals surface area contributed by atoms with Crippen molar-refractivity contribution in [3.05, 3.63) is 47.9 Å². The summed E-state index contributed by atoms with van der Waals surface area (Å²) in [6.07, 6.45) is 5.59. The molecule has 0 aliphatic carbocycles. The standard InChI is InChI=1S/C16H15ClN4OS/c1-21-10-12(9-19-21)20-16(22)5-7-23-15-4-6-18-14-8-11(17)2-3-13(14)15/h2-4,6,8-10H,5,7H2,1H3,(H,20,22). The minimum atomic E-state index is -0.0214. The van der Waals surface area contributed by atoms with Gasteiger partial charge in [0, 0.05) is 46.9 Å². The summed E-state index contributed by atoms with van der Waals surface area (Å²) >= 11 is 7.62. The Bertz CT molecular complexity index is 849. The SMILES string of the molecule is Cn1cc(NC(=O)CCSc2ccnc3cc(Cl)ccc23)cn1. The van der Waals surface area contributed by atoms with E-state index < -0.39 is 0 Å². The molecule has 23 heavy (non-hydrogen) atoms. The molecule has 0 spiro atoms. The molecule has 0 saturated heterocycles. The lowest BCUT2D eigenvalue weighted by molar-refractivity contribution is -0.115. The zero-order valence-electron chi connectivity index (χ0n) is 12.5. The molecular formula is C16H15ClN4OS. The lowest BCUT2D eigenvalue weighted by Crippen LogP contribution is -2.11. The van der Waals surface area contributed by atoms with Crippen molar-refractivity contribution < 1.29 is 4.79 Å². The van der Waals surface area contributed by atoms with Gasteiger partial charge < -0.3 is 5.32 Å². The van der Waals surface area contributed by atoms with Crippen molar-refractivity contribution in [2.45, 2.75) is 11.3 Å². The van der Waals surface area contributed by atoms with E-state index in [4.69, 9.17) is 11.6 Å². The molecule has 0 aliphatic rings. The molecule has 2 aromatic heterocycles. The third-order valence-corrected chi connectivity index (χ3v) is 4.55. The van der Waals surface area contributed by atoms with Crippen LogP contribution in [0.25, 0.3) is 10.9 Å². The van der Waals surface area contributed by atoms with Crippen LogP contribution >= 0.6 is 23.4 Å². The summed E-state index contributed by atoms with van der Waals surface area (Å²) in [6, 6.07) is 7.61. The van der Waals surface area contributed by atoms with Gasteiger partial charge >= 0.3 is 0 Å². The highest BCUT2D eigenvalue weighted by atomic mass is 35.5. The number of carbonyl (C=O) groups excluding carboxylic acids is 1. The van der Waals surface area contributed by atoms with E-state index in [1.54, 1.807) is 35.0 Å². The van der Waals surface area contributed by atoms with Crippen molar-refractivity contribution in [1.82, 2.24) is 14.8 Å². The molecule has 0 unspecified atom stereocenters. The number of pyridine rings is 1. The summed E-state index contributed by atoms with van der Waals surface area (Å²) in [5.74, 6) is 0.667. The predicted octanol–water partition coefficient (Wildman–Crippen LogP) is 3.74. The summed E-state index contributed by atoms with van der Waals surface area (Å²) in [4.78, 5) is 17.3. The van der Waals surface area contributed by atoms with Crippen LogP contribution in [0.4, 0.5) is 5.69 Å². The lowest BCUT2D eigenvalue weighted by atomic mass is 10.2. The first kappa shape index (κ1) is 15.8. The normalized spacial score (nSPS) is 10.9. The fourth-order valence-corrected chi connectivity index (χ4v) is 3.34. The van der Waals surface area contributed by atoms with Gasteiger partial charge in [-0.25, -0.2) is 0 Å². The number of amides is 1. The second-order valence-electron chi connectivity index (χ2n) is 5.02. The molecule has 1 aromatic carbocycles. The Balaban J connectivity index is 1.59. The molecule has 0 atom stereocenters. The van der Waals surface area contributed by atoms with Crippen LogP contribution in [-0.2, 0) is 11.8 Å². The van der Waals surface area contributed by atoms with Crippen molar-refractivity contribution in [2.24, 2.45) is 7.05 Å². The first-order valence-electron chi connectivity index (χ1n) is 7.07. The number of hydrogen-bond donors (Lipinski definition) is 1. The van der Waals surface area contributed by atoms with Crippen LogP contribution in [-0.4, -0.2) is 26.4 Å². The maximum atomic E-state index is 11.9. The van der Waals surface area contributed by atoms with Gasteiger partial charge in [-0.15, -0.1) is 11.8 Å². The second-order valence-corrected chi connectivity index (χ2v) is 6.59. The molecule has 7 heteroatoms. The smallest absolute Gasteiger partial charge is 0.225 e. The Morgan fingerprint density at radius 1 is 1.39 bits per heavy atom. The number of carbonyl (C=O) groups is 1. The van der Waals surface area contributed by atoms with Gasteiger partial charge in [-0.1, -0.05) is 17.7 Å². The van der Waals surface area contributed by atoms with Crippen LogP contribution in [0.3, 0.4) is 0 Å². The molecule has 1 N–H and O–H groups in total. The largest absolute Gasteiger partial charge is 0.323 e. The lowest BCUT2D eigenvalue weighted by Gasteiger charge is -2.06. The van der Waals surface area contributed by atoms with Gasteiger partial charge in [0.1, 0.15) is 0 Å². The van der Waals surface area contributed by atoms with Crippen molar-refractivity contribution >= 4 is 45.9 Å². The minimum Gasteiger partial charge on any atom is -0.323 e. The molecule has 5 nitrogen and oxygen atoms in total. The van der Waals surface area contributed by atoms with Gasteiger partial charge in [0.15, 0.2) is 0 Å². The van der Waals surface area contributed by atoms with Crippen molar-refractivity contribution in [1.29, 1.82) is 0 Å². The molecule has 0 bridgehead atoms. The quantitative estimate of drug-likeness (QED) is 0.715. The molecular weight excluding hydrogens is 332 g/mol. The monoisotopic (exact) mass is 346 g/mol. The van der Waals surface area contributed by atoms with E-state index >= 15 is 0 Å². The molecule has 0 saturated carbocycles. The van der Waals surface area contributed by atoms with Gasteiger partial charge in [0.05, 0.1) is 17.4 Å². The number of fused-ring (bicyclic) bond motifs is 1. The van der Waals surface area contributed by atoms with Crippen molar-refractivity contribution in [3.63, 3.8) is 0 Å². The van der Waals surface area contributed by atoms with E-state index in [0.29, 0.717) is 22.9 Å². The van der Waals surface area contributed by atoms with Crippen LogP contribution in [0.1, 0.15) is 6.42 Å². The second kappa shape index (κ2) is 7.02. The van der Waals surface area contributed by atoms with Crippen molar-refractivity contribution in [2.75, 3.05) is 11.1 Å².